The summed E-state index contributed by atoms with van der Waals surface area (Å²) in [4.78, 5) is 13.3. The van der Waals surface area contributed by atoms with Gasteiger partial charge in [-0.15, -0.1) is 5.10 Å². The van der Waals surface area contributed by atoms with Gasteiger partial charge in [-0.3, -0.25) is 4.79 Å². The second-order valence-corrected chi connectivity index (χ2v) is 9.20. The average Bonchev–Trinajstić information content (AvgIpc) is 3.42. The minimum atomic E-state index is -0.695. The molecule has 0 aliphatic heterocycles. The Kier molecular flexibility index (Phi) is 5.13. The van der Waals surface area contributed by atoms with Crippen LogP contribution in [0.1, 0.15) is 37.4 Å². The van der Waals surface area contributed by atoms with Crippen molar-refractivity contribution in [2.24, 2.45) is 5.41 Å². The van der Waals surface area contributed by atoms with Gasteiger partial charge < -0.3 is 4.74 Å². The summed E-state index contributed by atoms with van der Waals surface area (Å²) in [6.07, 6.45) is 8.55. The van der Waals surface area contributed by atoms with Gasteiger partial charge >= 0.3 is 5.97 Å². The van der Waals surface area contributed by atoms with Crippen LogP contribution in [-0.4, -0.2) is 43.0 Å². The molecule has 0 spiro atoms. The lowest BCUT2D eigenvalue weighted by Crippen LogP contribution is -2.44. The molecule has 2 aliphatic carbocycles. The van der Waals surface area contributed by atoms with Gasteiger partial charge in [-0.25, -0.2) is 9.07 Å². The lowest BCUT2D eigenvalue weighted by Gasteiger charge is -2.42. The van der Waals surface area contributed by atoms with Crippen LogP contribution in [0.2, 0.25) is 0 Å². The van der Waals surface area contributed by atoms with Crippen molar-refractivity contribution in [1.82, 2.24) is 25.2 Å². The fourth-order valence-electron chi connectivity index (χ4n) is 4.61. The summed E-state index contributed by atoms with van der Waals surface area (Å²) in [6.45, 7) is 2.18. The maximum Gasteiger partial charge on any atom is 0.316 e. The van der Waals surface area contributed by atoms with Crippen LogP contribution in [0.3, 0.4) is 0 Å². The third kappa shape index (κ3) is 3.56. The van der Waals surface area contributed by atoms with Crippen LogP contribution in [0.15, 0.2) is 47.3 Å². The van der Waals surface area contributed by atoms with Gasteiger partial charge in [0.15, 0.2) is 0 Å². The third-order valence-corrected chi connectivity index (χ3v) is 7.21. The van der Waals surface area contributed by atoms with E-state index < -0.39 is 5.41 Å². The van der Waals surface area contributed by atoms with Crippen molar-refractivity contribution >= 4 is 23.8 Å². The third-order valence-electron chi connectivity index (χ3n) is 6.03. The molecule has 3 aromatic rings. The summed E-state index contributed by atoms with van der Waals surface area (Å²) >= 11 is 1.65. The number of aromatic nitrogens is 5. The molecule has 1 aromatic carbocycles. The zero-order valence-electron chi connectivity index (χ0n) is 17.0. The molecule has 0 bridgehead atoms. The first-order chi connectivity index (χ1) is 15.1. The molecule has 5 rings (SSSR count). The number of thioether (sulfide) groups is 1. The van der Waals surface area contributed by atoms with E-state index in [9.17, 15) is 9.18 Å². The number of nitrogens with one attached hydrogen (secondary N) is 1. The van der Waals surface area contributed by atoms with Crippen LogP contribution < -0.4 is 0 Å². The van der Waals surface area contributed by atoms with E-state index in [4.69, 9.17) is 4.74 Å². The van der Waals surface area contributed by atoms with Crippen LogP contribution >= 0.6 is 11.8 Å². The number of nitrogens with zero attached hydrogens (tertiary/aromatic N) is 4. The molecule has 1 N–H and O–H groups in total. The molecule has 1 saturated carbocycles. The Bertz CT molecular complexity index is 1130. The number of benzene rings is 1. The monoisotopic (exact) mass is 439 g/mol. The quantitative estimate of drug-likeness (QED) is 0.606. The van der Waals surface area contributed by atoms with E-state index in [0.29, 0.717) is 19.4 Å². The van der Waals surface area contributed by atoms with Gasteiger partial charge in [-0.05, 0) is 68.5 Å². The summed E-state index contributed by atoms with van der Waals surface area (Å²) in [5.74, 6) is -0.459. The molecule has 7 nitrogen and oxygen atoms in total. The standard InChI is InChI=1S/C22H22FN5O2S/c1-2-30-21(29)22-10-14-12-25-28(17-6-4-16(23)5-7-17)19(14)9-15(22)3-8-18(11-22)31-20-13-24-27-26-20/h4-7,9,12-13,18H,2-3,8,10-11H2,1H3,(H,24,26,27)/t18-,22-/m0/s1. The first-order valence-corrected chi connectivity index (χ1v) is 11.2. The van der Waals surface area contributed by atoms with Gasteiger partial charge in [0.2, 0.25) is 0 Å². The van der Waals surface area contributed by atoms with Crippen LogP contribution in [0, 0.1) is 11.2 Å². The fourth-order valence-corrected chi connectivity index (χ4v) is 5.76. The molecule has 0 radical (unpaired) electrons. The van der Waals surface area contributed by atoms with Crippen molar-refractivity contribution in [1.29, 1.82) is 0 Å². The smallest absolute Gasteiger partial charge is 0.316 e. The SMILES string of the molecule is CCOC(=O)[C@]12Cc3cnn(-c4ccc(F)cc4)c3C=C1CC[C@H](Sc1cn[nH]n1)C2. The Hall–Kier alpha value is -2.94. The van der Waals surface area contributed by atoms with E-state index in [1.807, 2.05) is 11.6 Å². The summed E-state index contributed by atoms with van der Waals surface area (Å²) < 4.78 is 20.7. The van der Waals surface area contributed by atoms with Gasteiger partial charge in [-0.2, -0.15) is 15.4 Å². The van der Waals surface area contributed by atoms with Crippen LogP contribution in [0.5, 0.6) is 0 Å². The van der Waals surface area contributed by atoms with Crippen molar-refractivity contribution in [2.45, 2.75) is 42.9 Å². The molecular formula is C22H22FN5O2S. The molecule has 2 heterocycles. The molecule has 2 aromatic heterocycles. The molecule has 2 atom stereocenters. The topological polar surface area (TPSA) is 85.7 Å². The first-order valence-electron chi connectivity index (χ1n) is 10.3. The summed E-state index contributed by atoms with van der Waals surface area (Å²) in [5.41, 5.74) is 3.12. The molecule has 0 amide bonds. The van der Waals surface area contributed by atoms with Gasteiger partial charge in [-0.1, -0.05) is 17.3 Å². The van der Waals surface area contributed by atoms with Crippen molar-refractivity contribution < 1.29 is 13.9 Å². The predicted octanol–water partition coefficient (Wildman–Crippen LogP) is 3.96. The Morgan fingerprint density at radius 2 is 2.19 bits per heavy atom. The number of hydrogen-bond donors (Lipinski definition) is 1. The van der Waals surface area contributed by atoms with Gasteiger partial charge in [0.1, 0.15) is 10.8 Å². The Morgan fingerprint density at radius 3 is 2.94 bits per heavy atom. The highest BCUT2D eigenvalue weighted by molar-refractivity contribution is 7.99. The van der Waals surface area contributed by atoms with E-state index >= 15 is 0 Å². The second kappa shape index (κ2) is 7.96. The fraction of sp³-hybridized carbons (Fsp3) is 0.364. The molecule has 31 heavy (non-hydrogen) atoms. The molecule has 2 aliphatic rings. The van der Waals surface area contributed by atoms with Crippen molar-refractivity contribution in [2.75, 3.05) is 6.61 Å². The van der Waals surface area contributed by atoms with E-state index in [-0.39, 0.29) is 17.0 Å². The number of halogens is 1. The maximum absolute atomic E-state index is 13.4. The van der Waals surface area contributed by atoms with Crippen LogP contribution in [-0.2, 0) is 16.0 Å². The number of aromatic amines is 1. The Balaban J connectivity index is 1.51. The van der Waals surface area contributed by atoms with Crippen molar-refractivity contribution in [3.63, 3.8) is 0 Å². The highest BCUT2D eigenvalue weighted by Crippen LogP contribution is 2.52. The van der Waals surface area contributed by atoms with E-state index in [0.717, 1.165) is 40.4 Å². The van der Waals surface area contributed by atoms with E-state index in [2.05, 4.69) is 26.6 Å². The molecular weight excluding hydrogens is 417 g/mol. The van der Waals surface area contributed by atoms with Crippen molar-refractivity contribution in [3.05, 3.63) is 59.3 Å². The number of esters is 1. The largest absolute Gasteiger partial charge is 0.465 e. The van der Waals surface area contributed by atoms with Gasteiger partial charge in [0.05, 0.1) is 35.8 Å². The van der Waals surface area contributed by atoms with E-state index in [1.54, 1.807) is 36.3 Å². The zero-order valence-corrected chi connectivity index (χ0v) is 17.9. The number of ether oxygens (including phenoxy) is 1. The summed E-state index contributed by atoms with van der Waals surface area (Å²) in [6, 6.07) is 6.27. The minimum absolute atomic E-state index is 0.174. The Labute approximate surface area is 183 Å². The second-order valence-electron chi connectivity index (χ2n) is 7.88. The predicted molar refractivity (Wildman–Crippen MR) is 114 cm³/mol. The molecule has 0 saturated heterocycles. The zero-order chi connectivity index (χ0) is 21.4. The number of fused-ring (bicyclic) bond motifs is 2. The molecule has 9 heteroatoms. The van der Waals surface area contributed by atoms with Gasteiger partial charge in [0.25, 0.3) is 0 Å². The average molecular weight is 440 g/mol. The normalized spacial score (nSPS) is 22.4. The number of rotatable bonds is 5. The summed E-state index contributed by atoms with van der Waals surface area (Å²) in [5, 5.41) is 16.3. The van der Waals surface area contributed by atoms with Crippen LogP contribution in [0.25, 0.3) is 11.8 Å². The maximum atomic E-state index is 13.4. The van der Waals surface area contributed by atoms with Crippen molar-refractivity contribution in [3.8, 4) is 5.69 Å². The number of hydrogen-bond acceptors (Lipinski definition) is 6. The summed E-state index contributed by atoms with van der Waals surface area (Å²) in [7, 11) is 0. The Morgan fingerprint density at radius 1 is 1.35 bits per heavy atom. The van der Waals surface area contributed by atoms with E-state index in [1.165, 1.54) is 12.1 Å². The molecule has 0 unspecified atom stereocenters. The molecule has 1 fully saturated rings. The lowest BCUT2D eigenvalue weighted by atomic mass is 9.64. The number of carbonyl (C=O) groups is 1. The first kappa shape index (κ1) is 20.0. The lowest BCUT2D eigenvalue weighted by molar-refractivity contribution is -0.154. The minimum Gasteiger partial charge on any atom is -0.465 e. The van der Waals surface area contributed by atoms with Gasteiger partial charge in [0, 0.05) is 5.25 Å². The highest BCUT2D eigenvalue weighted by Gasteiger charge is 2.50. The molecule has 160 valence electrons. The number of carbonyl (C=O) groups excluding carboxylic acids is 1. The van der Waals surface area contributed by atoms with Crippen LogP contribution in [0.4, 0.5) is 4.39 Å². The number of H-pyrrole nitrogens is 1. The highest BCUT2D eigenvalue weighted by atomic mass is 32.2.